The Balaban J connectivity index is 2.12. The number of benzene rings is 2. The Bertz CT molecular complexity index is 1160. The molecule has 0 bridgehead atoms. The lowest BCUT2D eigenvalue weighted by Crippen LogP contribution is -2.19. The van der Waals surface area contributed by atoms with E-state index in [-0.39, 0.29) is 5.56 Å². The fourth-order valence-electron chi connectivity index (χ4n) is 3.60. The van der Waals surface area contributed by atoms with Crippen LogP contribution in [0, 0.1) is 18.6 Å². The van der Waals surface area contributed by atoms with Crippen molar-refractivity contribution in [1.82, 2.24) is 8.87 Å². The summed E-state index contributed by atoms with van der Waals surface area (Å²) in [5.74, 6) is -1.86. The smallest absolute Gasteiger partial charge is 0.271 e. The van der Waals surface area contributed by atoms with E-state index in [0.717, 1.165) is 33.1 Å². The fraction of sp³-hybridized carbons (Fsp3) is 0.263. The van der Waals surface area contributed by atoms with Crippen LogP contribution >= 0.6 is 0 Å². The Morgan fingerprint density at radius 1 is 1.08 bits per heavy atom. The molecule has 0 aliphatic carbocycles. The van der Waals surface area contributed by atoms with Gasteiger partial charge in [0, 0.05) is 35.3 Å². The van der Waals surface area contributed by atoms with Crippen LogP contribution in [-0.4, -0.2) is 37.9 Å². The standard InChI is InChI=1S/C19H18F2N2O2S/c1-11-6-14-12(4-5-22(2)3)10-23-18(14)15(7-11)16-8-13(20)9-17(21)19(16)26(23,24)25/h6-10H,4-5H2,1-3H3. The Labute approximate surface area is 150 Å². The van der Waals surface area contributed by atoms with Gasteiger partial charge in [0.05, 0.1) is 5.52 Å². The van der Waals surface area contributed by atoms with E-state index in [0.29, 0.717) is 23.6 Å². The highest BCUT2D eigenvalue weighted by atomic mass is 32.2. The minimum atomic E-state index is -4.12. The third kappa shape index (κ3) is 2.38. The summed E-state index contributed by atoms with van der Waals surface area (Å²) in [6, 6.07) is 5.42. The first kappa shape index (κ1) is 17.2. The number of rotatable bonds is 3. The van der Waals surface area contributed by atoms with Crippen molar-refractivity contribution in [3.8, 4) is 11.1 Å². The van der Waals surface area contributed by atoms with Crippen molar-refractivity contribution in [3.63, 3.8) is 0 Å². The minimum absolute atomic E-state index is 0.0842. The predicted molar refractivity (Wildman–Crippen MR) is 96.9 cm³/mol. The van der Waals surface area contributed by atoms with E-state index in [2.05, 4.69) is 0 Å². The summed E-state index contributed by atoms with van der Waals surface area (Å²) in [7, 11) is -0.238. The third-order valence-electron chi connectivity index (χ3n) is 4.74. The van der Waals surface area contributed by atoms with Crippen molar-refractivity contribution < 1.29 is 17.2 Å². The zero-order valence-electron chi connectivity index (χ0n) is 14.7. The molecule has 1 aromatic heterocycles. The average molecular weight is 376 g/mol. The second kappa shape index (κ2) is 5.62. The summed E-state index contributed by atoms with van der Waals surface area (Å²) in [6.45, 7) is 2.64. The maximum Gasteiger partial charge on any atom is 0.271 e. The van der Waals surface area contributed by atoms with Gasteiger partial charge in [-0.25, -0.2) is 21.2 Å². The maximum atomic E-state index is 14.4. The van der Waals surface area contributed by atoms with Gasteiger partial charge in [-0.2, -0.15) is 0 Å². The predicted octanol–water partition coefficient (Wildman–Crippen LogP) is 3.55. The van der Waals surface area contributed by atoms with E-state index in [1.165, 1.54) is 0 Å². The highest BCUT2D eigenvalue weighted by Crippen LogP contribution is 2.43. The minimum Gasteiger partial charge on any atom is -0.309 e. The Morgan fingerprint density at radius 3 is 2.50 bits per heavy atom. The molecule has 0 spiro atoms. The first-order chi connectivity index (χ1) is 12.2. The topological polar surface area (TPSA) is 42.3 Å². The van der Waals surface area contributed by atoms with Gasteiger partial charge in [0.15, 0.2) is 0 Å². The number of halogens is 2. The first-order valence-electron chi connectivity index (χ1n) is 8.24. The van der Waals surface area contributed by atoms with Crippen molar-refractivity contribution in [2.75, 3.05) is 20.6 Å². The van der Waals surface area contributed by atoms with Crippen LogP contribution in [0.4, 0.5) is 8.78 Å². The molecule has 0 N–H and O–H groups in total. The molecular formula is C19H18F2N2O2S. The molecule has 1 aliphatic heterocycles. The van der Waals surface area contributed by atoms with Gasteiger partial charge in [-0.1, -0.05) is 0 Å². The second-order valence-corrected chi connectivity index (χ2v) is 8.73. The number of hydrogen-bond donors (Lipinski definition) is 0. The summed E-state index contributed by atoms with van der Waals surface area (Å²) in [5.41, 5.74) is 2.89. The van der Waals surface area contributed by atoms with Crippen molar-refractivity contribution >= 4 is 20.9 Å². The Hall–Kier alpha value is -2.25. The molecule has 136 valence electrons. The highest BCUT2D eigenvalue weighted by molar-refractivity contribution is 7.90. The van der Waals surface area contributed by atoms with E-state index < -0.39 is 26.6 Å². The molecule has 0 saturated heterocycles. The first-order valence-corrected chi connectivity index (χ1v) is 9.68. The molecule has 4 nitrogen and oxygen atoms in total. The van der Waals surface area contributed by atoms with Crippen molar-refractivity contribution in [2.45, 2.75) is 18.2 Å². The molecule has 7 heteroatoms. The molecule has 2 heterocycles. The molecule has 2 aromatic carbocycles. The summed E-state index contributed by atoms with van der Waals surface area (Å²) in [4.78, 5) is 1.55. The van der Waals surface area contributed by atoms with Crippen molar-refractivity contribution in [3.05, 3.63) is 53.2 Å². The molecule has 1 aliphatic rings. The van der Waals surface area contributed by atoms with Gasteiger partial charge in [0.2, 0.25) is 0 Å². The lowest BCUT2D eigenvalue weighted by Gasteiger charge is -2.21. The van der Waals surface area contributed by atoms with E-state index in [1.807, 2.05) is 32.0 Å². The Kier molecular flexibility index (Phi) is 3.71. The van der Waals surface area contributed by atoms with E-state index in [9.17, 15) is 17.2 Å². The molecular weight excluding hydrogens is 358 g/mol. The highest BCUT2D eigenvalue weighted by Gasteiger charge is 2.34. The van der Waals surface area contributed by atoms with Crippen LogP contribution in [0.15, 0.2) is 35.4 Å². The average Bonchev–Trinajstić information content (AvgIpc) is 2.89. The zero-order chi connectivity index (χ0) is 18.8. The maximum absolute atomic E-state index is 14.4. The van der Waals surface area contributed by atoms with Gasteiger partial charge in [-0.15, -0.1) is 0 Å². The summed E-state index contributed by atoms with van der Waals surface area (Å²) >= 11 is 0. The van der Waals surface area contributed by atoms with Crippen LogP contribution in [0.5, 0.6) is 0 Å². The summed E-state index contributed by atoms with van der Waals surface area (Å²) in [6.07, 6.45) is 2.22. The number of fused-ring (bicyclic) bond motifs is 2. The van der Waals surface area contributed by atoms with Crippen LogP contribution in [0.2, 0.25) is 0 Å². The van der Waals surface area contributed by atoms with Gasteiger partial charge in [0.1, 0.15) is 16.5 Å². The normalized spacial score (nSPS) is 14.8. The van der Waals surface area contributed by atoms with Crippen LogP contribution < -0.4 is 0 Å². The number of aryl methyl sites for hydroxylation is 1. The third-order valence-corrected chi connectivity index (χ3v) is 6.47. The summed E-state index contributed by atoms with van der Waals surface area (Å²) in [5, 5.41) is 0.806. The lowest BCUT2D eigenvalue weighted by atomic mass is 9.98. The number of aromatic nitrogens is 1. The molecule has 3 aromatic rings. The number of nitrogens with zero attached hydrogens (tertiary/aromatic N) is 2. The monoisotopic (exact) mass is 376 g/mol. The van der Waals surface area contributed by atoms with Crippen LogP contribution in [0.1, 0.15) is 11.1 Å². The van der Waals surface area contributed by atoms with Gasteiger partial charge >= 0.3 is 0 Å². The quantitative estimate of drug-likeness (QED) is 0.549. The van der Waals surface area contributed by atoms with E-state index >= 15 is 0 Å². The summed E-state index contributed by atoms with van der Waals surface area (Å²) < 4.78 is 55.5. The van der Waals surface area contributed by atoms with Gasteiger partial charge in [0.25, 0.3) is 10.0 Å². The molecule has 0 unspecified atom stereocenters. The number of hydrogen-bond acceptors (Lipinski definition) is 3. The van der Waals surface area contributed by atoms with E-state index in [4.69, 9.17) is 0 Å². The van der Waals surface area contributed by atoms with Gasteiger partial charge < -0.3 is 4.90 Å². The van der Waals surface area contributed by atoms with Crippen molar-refractivity contribution in [1.29, 1.82) is 0 Å². The van der Waals surface area contributed by atoms with Crippen molar-refractivity contribution in [2.24, 2.45) is 0 Å². The fourth-order valence-corrected chi connectivity index (χ4v) is 5.25. The Morgan fingerprint density at radius 2 is 1.81 bits per heavy atom. The number of likely N-dealkylation sites (N-methyl/N-ethyl adjacent to an activating group) is 1. The SMILES string of the molecule is Cc1cc2c3c(c1)c(CCN(C)C)cn3S(=O)(=O)c1c(F)cc(F)cc1-2. The molecule has 0 saturated carbocycles. The molecule has 26 heavy (non-hydrogen) atoms. The van der Waals surface area contributed by atoms with Gasteiger partial charge in [-0.05, 0) is 56.8 Å². The molecule has 0 radical (unpaired) electrons. The zero-order valence-corrected chi connectivity index (χ0v) is 15.5. The lowest BCUT2D eigenvalue weighted by molar-refractivity contribution is 0.414. The largest absolute Gasteiger partial charge is 0.309 e. The molecule has 4 rings (SSSR count). The van der Waals surface area contributed by atoms with Crippen LogP contribution in [-0.2, 0) is 16.4 Å². The van der Waals surface area contributed by atoms with E-state index in [1.54, 1.807) is 12.3 Å². The molecule has 0 amide bonds. The van der Waals surface area contributed by atoms with Gasteiger partial charge in [-0.3, -0.25) is 0 Å². The second-order valence-electron chi connectivity index (χ2n) is 6.98. The van der Waals surface area contributed by atoms with Crippen LogP contribution in [0.25, 0.3) is 22.0 Å². The molecule has 0 fully saturated rings. The molecule has 0 atom stereocenters. The van der Waals surface area contributed by atoms with Crippen LogP contribution in [0.3, 0.4) is 0 Å².